The smallest absolute Gasteiger partial charge is 0.231 e. The van der Waals surface area contributed by atoms with Crippen LogP contribution in [0.2, 0.25) is 0 Å². The van der Waals surface area contributed by atoms with Gasteiger partial charge in [0.2, 0.25) is 5.88 Å². The lowest BCUT2D eigenvalue weighted by molar-refractivity contribution is 0.388. The van der Waals surface area contributed by atoms with Crippen molar-refractivity contribution in [1.29, 1.82) is 0 Å². The van der Waals surface area contributed by atoms with Gasteiger partial charge in [-0.25, -0.2) is 0 Å². The first kappa shape index (κ1) is 9.53. The lowest BCUT2D eigenvalue weighted by Gasteiger charge is -2.05. The fourth-order valence-corrected chi connectivity index (χ4v) is 2.03. The van der Waals surface area contributed by atoms with Crippen molar-refractivity contribution in [2.24, 2.45) is 0 Å². The van der Waals surface area contributed by atoms with Crippen LogP contribution in [0.25, 0.3) is 5.65 Å². The van der Waals surface area contributed by atoms with Crippen molar-refractivity contribution in [3.63, 3.8) is 0 Å². The Morgan fingerprint density at radius 1 is 1.44 bits per heavy atom. The molecule has 6 heteroatoms. The molecule has 6 nitrogen and oxygen atoms in total. The summed E-state index contributed by atoms with van der Waals surface area (Å²) in [4.78, 5) is 0. The number of nitrogens with one attached hydrogen (secondary N) is 1. The van der Waals surface area contributed by atoms with E-state index in [0.717, 1.165) is 31.0 Å². The Bertz CT molecular complexity index is 503. The Morgan fingerprint density at radius 2 is 2.38 bits per heavy atom. The molecule has 1 unspecified atom stereocenters. The Hall–Kier alpha value is -1.69. The summed E-state index contributed by atoms with van der Waals surface area (Å²) in [5, 5.41) is 16.0. The van der Waals surface area contributed by atoms with Crippen molar-refractivity contribution in [2.45, 2.75) is 12.3 Å². The Balaban J connectivity index is 2.09. The number of hydrogen-bond donors (Lipinski definition) is 1. The first-order chi connectivity index (χ1) is 7.88. The van der Waals surface area contributed by atoms with Crippen LogP contribution in [0.1, 0.15) is 18.2 Å². The van der Waals surface area contributed by atoms with Crippen LogP contribution in [0.3, 0.4) is 0 Å². The minimum absolute atomic E-state index is 0.398. The van der Waals surface area contributed by atoms with Gasteiger partial charge in [-0.05, 0) is 19.0 Å². The SMILES string of the molecule is COc1ccc2nnc(C3CCNC3)n2n1. The molecule has 1 fully saturated rings. The van der Waals surface area contributed by atoms with Gasteiger partial charge < -0.3 is 10.1 Å². The highest BCUT2D eigenvalue weighted by Gasteiger charge is 2.22. The van der Waals surface area contributed by atoms with Gasteiger partial charge in [-0.3, -0.25) is 0 Å². The lowest BCUT2D eigenvalue weighted by Crippen LogP contribution is -2.11. The summed E-state index contributed by atoms with van der Waals surface area (Å²) < 4.78 is 6.88. The molecule has 2 aromatic rings. The van der Waals surface area contributed by atoms with Crippen molar-refractivity contribution in [3.05, 3.63) is 18.0 Å². The predicted molar refractivity (Wildman–Crippen MR) is 57.6 cm³/mol. The van der Waals surface area contributed by atoms with Gasteiger partial charge in [0.15, 0.2) is 11.5 Å². The van der Waals surface area contributed by atoms with Gasteiger partial charge in [0.1, 0.15) is 0 Å². The standard InChI is InChI=1S/C10H13N5O/c1-16-9-3-2-8-12-13-10(15(8)14-9)7-4-5-11-6-7/h2-3,7,11H,4-6H2,1H3. The van der Waals surface area contributed by atoms with Crippen molar-refractivity contribution >= 4 is 5.65 Å². The Morgan fingerprint density at radius 3 is 3.12 bits per heavy atom. The number of methoxy groups -OCH3 is 1. The van der Waals surface area contributed by atoms with E-state index in [-0.39, 0.29) is 0 Å². The summed E-state index contributed by atoms with van der Waals surface area (Å²) in [5.74, 6) is 1.90. The minimum atomic E-state index is 0.398. The molecule has 0 aliphatic carbocycles. The third-order valence-corrected chi connectivity index (χ3v) is 2.90. The topological polar surface area (TPSA) is 64.3 Å². The van der Waals surface area contributed by atoms with Crippen LogP contribution in [-0.4, -0.2) is 40.0 Å². The second kappa shape index (κ2) is 3.71. The maximum absolute atomic E-state index is 5.11. The summed E-state index contributed by atoms with van der Waals surface area (Å²) in [7, 11) is 1.61. The quantitative estimate of drug-likeness (QED) is 0.782. The first-order valence-electron chi connectivity index (χ1n) is 5.35. The molecule has 0 spiro atoms. The zero-order chi connectivity index (χ0) is 11.0. The summed E-state index contributed by atoms with van der Waals surface area (Å²) >= 11 is 0. The van der Waals surface area contributed by atoms with Gasteiger partial charge >= 0.3 is 0 Å². The molecular weight excluding hydrogens is 206 g/mol. The Labute approximate surface area is 92.6 Å². The van der Waals surface area contributed by atoms with Gasteiger partial charge in [0.05, 0.1) is 7.11 Å². The summed E-state index contributed by atoms with van der Waals surface area (Å²) in [6.07, 6.45) is 1.08. The van der Waals surface area contributed by atoms with E-state index in [1.807, 2.05) is 6.07 Å². The highest BCUT2D eigenvalue weighted by molar-refractivity contribution is 5.38. The number of ether oxygens (including phenoxy) is 1. The summed E-state index contributed by atoms with van der Waals surface area (Å²) in [6.45, 7) is 1.98. The second-order valence-corrected chi connectivity index (χ2v) is 3.89. The molecule has 0 bridgehead atoms. The molecule has 0 saturated carbocycles. The van der Waals surface area contributed by atoms with Crippen LogP contribution in [-0.2, 0) is 0 Å². The molecule has 0 aromatic carbocycles. The fourth-order valence-electron chi connectivity index (χ4n) is 2.03. The molecule has 84 valence electrons. The predicted octanol–water partition coefficient (Wildman–Crippen LogP) is 0.210. The lowest BCUT2D eigenvalue weighted by atomic mass is 10.1. The third-order valence-electron chi connectivity index (χ3n) is 2.90. The largest absolute Gasteiger partial charge is 0.480 e. The summed E-state index contributed by atoms with van der Waals surface area (Å²) in [6, 6.07) is 3.66. The highest BCUT2D eigenvalue weighted by Crippen LogP contribution is 2.21. The molecule has 1 atom stereocenters. The van der Waals surface area contributed by atoms with E-state index in [9.17, 15) is 0 Å². The van der Waals surface area contributed by atoms with Gasteiger partial charge in [0.25, 0.3) is 0 Å². The molecule has 1 saturated heterocycles. The van der Waals surface area contributed by atoms with E-state index in [0.29, 0.717) is 11.8 Å². The zero-order valence-corrected chi connectivity index (χ0v) is 9.05. The Kier molecular flexibility index (Phi) is 2.21. The van der Waals surface area contributed by atoms with Crippen molar-refractivity contribution in [1.82, 2.24) is 25.1 Å². The molecular formula is C10H13N5O. The number of fused-ring (bicyclic) bond motifs is 1. The van der Waals surface area contributed by atoms with E-state index in [1.54, 1.807) is 17.7 Å². The molecule has 0 amide bonds. The molecule has 0 radical (unpaired) electrons. The number of rotatable bonds is 2. The maximum Gasteiger partial charge on any atom is 0.231 e. The molecule has 3 heterocycles. The van der Waals surface area contributed by atoms with Crippen LogP contribution in [0.4, 0.5) is 0 Å². The molecule has 1 N–H and O–H groups in total. The molecule has 3 rings (SSSR count). The second-order valence-electron chi connectivity index (χ2n) is 3.89. The first-order valence-corrected chi connectivity index (χ1v) is 5.35. The molecule has 2 aromatic heterocycles. The van der Waals surface area contributed by atoms with E-state index in [4.69, 9.17) is 4.74 Å². The monoisotopic (exact) mass is 219 g/mol. The van der Waals surface area contributed by atoms with Crippen LogP contribution in [0, 0.1) is 0 Å². The average Bonchev–Trinajstić information content (AvgIpc) is 2.96. The number of nitrogens with zero attached hydrogens (tertiary/aromatic N) is 4. The van der Waals surface area contributed by atoms with Crippen LogP contribution in [0.5, 0.6) is 5.88 Å². The van der Waals surface area contributed by atoms with E-state index < -0.39 is 0 Å². The van der Waals surface area contributed by atoms with Crippen LogP contribution >= 0.6 is 0 Å². The van der Waals surface area contributed by atoms with Gasteiger partial charge in [-0.15, -0.1) is 15.3 Å². The van der Waals surface area contributed by atoms with Crippen molar-refractivity contribution in [3.8, 4) is 5.88 Å². The van der Waals surface area contributed by atoms with Gasteiger partial charge in [-0.2, -0.15) is 4.52 Å². The maximum atomic E-state index is 5.11. The number of aromatic nitrogens is 4. The summed E-state index contributed by atoms with van der Waals surface area (Å²) in [5.41, 5.74) is 0.766. The highest BCUT2D eigenvalue weighted by atomic mass is 16.5. The van der Waals surface area contributed by atoms with Crippen LogP contribution < -0.4 is 10.1 Å². The number of hydrogen-bond acceptors (Lipinski definition) is 5. The molecule has 1 aliphatic rings. The van der Waals surface area contributed by atoms with E-state index >= 15 is 0 Å². The van der Waals surface area contributed by atoms with Crippen LogP contribution in [0.15, 0.2) is 12.1 Å². The van der Waals surface area contributed by atoms with Crippen molar-refractivity contribution in [2.75, 3.05) is 20.2 Å². The minimum Gasteiger partial charge on any atom is -0.480 e. The fraction of sp³-hybridized carbons (Fsp3) is 0.500. The third kappa shape index (κ3) is 1.42. The van der Waals surface area contributed by atoms with Crippen molar-refractivity contribution < 1.29 is 4.74 Å². The molecule has 16 heavy (non-hydrogen) atoms. The average molecular weight is 219 g/mol. The zero-order valence-electron chi connectivity index (χ0n) is 9.05. The van der Waals surface area contributed by atoms with E-state index in [1.165, 1.54) is 0 Å². The van der Waals surface area contributed by atoms with Gasteiger partial charge in [0, 0.05) is 18.5 Å². The molecule has 1 aliphatic heterocycles. The van der Waals surface area contributed by atoms with Gasteiger partial charge in [-0.1, -0.05) is 0 Å². The van der Waals surface area contributed by atoms with E-state index in [2.05, 4.69) is 20.6 Å². The normalized spacial score (nSPS) is 20.4.